The summed E-state index contributed by atoms with van der Waals surface area (Å²) < 4.78 is 104. The summed E-state index contributed by atoms with van der Waals surface area (Å²) in [5.41, 5.74) is -2.23. The number of rotatable bonds is 6. The van der Waals surface area contributed by atoms with Crippen molar-refractivity contribution < 1.29 is 40.2 Å². The number of nitrogens with one attached hydrogen (secondary N) is 1. The van der Waals surface area contributed by atoms with E-state index in [1.54, 1.807) is 5.43 Å². The minimum Gasteiger partial charge on any atom is -0.493 e. The molecule has 2 aromatic rings. The van der Waals surface area contributed by atoms with Crippen molar-refractivity contribution in [2.24, 2.45) is 5.10 Å². The molecule has 0 amide bonds. The minimum absolute atomic E-state index is 0.0367. The number of terminal acetylenes is 1. The van der Waals surface area contributed by atoms with E-state index < -0.39 is 40.7 Å². The van der Waals surface area contributed by atoms with Gasteiger partial charge in [-0.2, -0.15) is 18.3 Å². The zero-order valence-electron chi connectivity index (χ0n) is 14.8. The van der Waals surface area contributed by atoms with Crippen molar-refractivity contribution in [3.63, 3.8) is 0 Å². The highest BCUT2D eigenvalue weighted by Crippen LogP contribution is 2.38. The van der Waals surface area contributed by atoms with Gasteiger partial charge in [-0.25, -0.2) is 17.6 Å². The molecule has 0 radical (unpaired) electrons. The number of ether oxygens (including phenoxy) is 2. The highest BCUT2D eigenvalue weighted by atomic mass is 127. The summed E-state index contributed by atoms with van der Waals surface area (Å²) in [5.74, 6) is -6.90. The first-order valence-corrected chi connectivity index (χ1v) is 8.76. The van der Waals surface area contributed by atoms with Crippen LogP contribution in [-0.2, 0) is 6.18 Å². The number of alkyl halides is 3. The maximum Gasteiger partial charge on any atom is 0.422 e. The monoisotopic (exact) mass is 546 g/mol. The van der Waals surface area contributed by atoms with Gasteiger partial charge in [-0.1, -0.05) is 5.92 Å². The molecule has 30 heavy (non-hydrogen) atoms. The van der Waals surface area contributed by atoms with E-state index in [0.29, 0.717) is 14.9 Å². The van der Waals surface area contributed by atoms with Gasteiger partial charge < -0.3 is 9.47 Å². The number of methoxy groups -OCH3 is 1. The van der Waals surface area contributed by atoms with Crippen LogP contribution in [0.15, 0.2) is 17.2 Å². The smallest absolute Gasteiger partial charge is 0.422 e. The summed E-state index contributed by atoms with van der Waals surface area (Å²) in [4.78, 5) is 0. The Bertz CT molecular complexity index is 1000. The van der Waals surface area contributed by atoms with E-state index in [-0.39, 0.29) is 12.4 Å². The Morgan fingerprint density at radius 1 is 1.13 bits per heavy atom. The zero-order valence-corrected chi connectivity index (χ0v) is 17.0. The number of halogens is 8. The number of hydrazone groups is 1. The Morgan fingerprint density at radius 2 is 1.73 bits per heavy atom. The first-order valence-electron chi connectivity index (χ1n) is 7.68. The average Bonchev–Trinajstić information content (AvgIpc) is 2.67. The molecule has 0 saturated carbocycles. The standard InChI is InChI=1S/C18H10F7IN2O2/c1-3-4-30-17-9(26)5-8(6-10(17)29-2)7-27-28-16-14(21)12(19)11(18(23,24)25)13(20)15(16)22/h1,5-7,28H,4H2,2H3. The number of nitrogens with zero attached hydrogens (tertiary/aromatic N) is 1. The molecule has 0 heterocycles. The van der Waals surface area contributed by atoms with Crippen molar-refractivity contribution in [1.82, 2.24) is 0 Å². The predicted octanol–water partition coefficient (Wildman–Crippen LogP) is 5.33. The van der Waals surface area contributed by atoms with Gasteiger partial charge in [0.15, 0.2) is 34.8 Å². The third kappa shape index (κ3) is 4.89. The van der Waals surface area contributed by atoms with Crippen LogP contribution in [0.25, 0.3) is 0 Å². The molecule has 0 aliphatic rings. The van der Waals surface area contributed by atoms with Crippen LogP contribution in [0.2, 0.25) is 0 Å². The second-order valence-corrected chi connectivity index (χ2v) is 6.56. The van der Waals surface area contributed by atoms with Crippen LogP contribution in [0, 0.1) is 39.2 Å². The number of benzene rings is 2. The van der Waals surface area contributed by atoms with Gasteiger partial charge >= 0.3 is 6.18 Å². The molecular formula is C18H10F7IN2O2. The topological polar surface area (TPSA) is 42.8 Å². The Morgan fingerprint density at radius 3 is 2.23 bits per heavy atom. The summed E-state index contributed by atoms with van der Waals surface area (Å²) in [6.45, 7) is -0.0367. The lowest BCUT2D eigenvalue weighted by atomic mass is 10.1. The maximum absolute atomic E-state index is 13.8. The van der Waals surface area contributed by atoms with E-state index in [0.717, 1.165) is 6.21 Å². The Hall–Kier alpha value is -2.69. The predicted molar refractivity (Wildman–Crippen MR) is 103 cm³/mol. The second-order valence-electron chi connectivity index (χ2n) is 5.40. The van der Waals surface area contributed by atoms with Crippen LogP contribution in [0.5, 0.6) is 11.5 Å². The summed E-state index contributed by atoms with van der Waals surface area (Å²) in [6.07, 6.45) is 0.480. The summed E-state index contributed by atoms with van der Waals surface area (Å²) in [7, 11) is 1.34. The molecule has 0 aromatic heterocycles. The van der Waals surface area contributed by atoms with Crippen LogP contribution < -0.4 is 14.9 Å². The van der Waals surface area contributed by atoms with Gasteiger partial charge in [-0.15, -0.1) is 6.42 Å². The van der Waals surface area contributed by atoms with E-state index in [1.807, 2.05) is 22.6 Å². The quantitative estimate of drug-likeness (QED) is 0.133. The van der Waals surface area contributed by atoms with Gasteiger partial charge in [-0.3, -0.25) is 5.43 Å². The molecule has 2 aromatic carbocycles. The number of anilines is 1. The summed E-state index contributed by atoms with van der Waals surface area (Å²) >= 11 is 1.89. The highest BCUT2D eigenvalue weighted by molar-refractivity contribution is 14.1. The third-order valence-corrected chi connectivity index (χ3v) is 4.29. The lowest BCUT2D eigenvalue weighted by Crippen LogP contribution is -2.16. The van der Waals surface area contributed by atoms with Gasteiger partial charge in [0.25, 0.3) is 0 Å². The van der Waals surface area contributed by atoms with Gasteiger partial charge in [0, 0.05) is 0 Å². The largest absolute Gasteiger partial charge is 0.493 e. The molecule has 0 unspecified atom stereocenters. The van der Waals surface area contributed by atoms with Crippen molar-refractivity contribution in [2.75, 3.05) is 19.1 Å². The van der Waals surface area contributed by atoms with E-state index in [9.17, 15) is 30.7 Å². The van der Waals surface area contributed by atoms with Gasteiger partial charge in [0.05, 0.1) is 16.9 Å². The first kappa shape index (κ1) is 23.6. The number of hydrogen-bond donors (Lipinski definition) is 1. The van der Waals surface area contributed by atoms with Crippen molar-refractivity contribution in [2.45, 2.75) is 6.18 Å². The van der Waals surface area contributed by atoms with E-state index in [4.69, 9.17) is 15.9 Å². The van der Waals surface area contributed by atoms with E-state index in [1.165, 1.54) is 19.2 Å². The molecule has 12 heteroatoms. The molecule has 0 bridgehead atoms. The summed E-state index contributed by atoms with van der Waals surface area (Å²) in [5, 5.41) is 3.41. The fourth-order valence-corrected chi connectivity index (χ4v) is 3.00. The molecule has 0 aliphatic heterocycles. The minimum atomic E-state index is -5.63. The fourth-order valence-electron chi connectivity index (χ4n) is 2.22. The van der Waals surface area contributed by atoms with Gasteiger partial charge in [0.1, 0.15) is 17.9 Å². The Labute approximate surface area is 179 Å². The van der Waals surface area contributed by atoms with Gasteiger partial charge in [0.2, 0.25) is 0 Å². The molecule has 4 nitrogen and oxygen atoms in total. The normalized spacial score (nSPS) is 11.5. The van der Waals surface area contributed by atoms with Crippen molar-refractivity contribution in [3.05, 3.63) is 50.1 Å². The second kappa shape index (κ2) is 9.41. The zero-order chi connectivity index (χ0) is 22.6. The molecule has 0 aliphatic carbocycles. The van der Waals surface area contributed by atoms with Crippen LogP contribution in [0.3, 0.4) is 0 Å². The maximum atomic E-state index is 13.8. The highest BCUT2D eigenvalue weighted by Gasteiger charge is 2.42. The van der Waals surface area contributed by atoms with Crippen LogP contribution >= 0.6 is 22.6 Å². The van der Waals surface area contributed by atoms with Crippen molar-refractivity contribution in [1.29, 1.82) is 0 Å². The Kier molecular flexibility index (Phi) is 7.40. The number of hydrogen-bond acceptors (Lipinski definition) is 4. The van der Waals surface area contributed by atoms with E-state index >= 15 is 0 Å². The van der Waals surface area contributed by atoms with Crippen molar-refractivity contribution >= 4 is 34.5 Å². The molecule has 160 valence electrons. The summed E-state index contributed by atoms with van der Waals surface area (Å²) in [6, 6.07) is 2.90. The third-order valence-electron chi connectivity index (χ3n) is 3.49. The van der Waals surface area contributed by atoms with Crippen molar-refractivity contribution in [3.8, 4) is 23.8 Å². The lowest BCUT2D eigenvalue weighted by molar-refractivity contribution is -0.143. The average molecular weight is 546 g/mol. The van der Waals surface area contributed by atoms with Crippen LogP contribution in [0.1, 0.15) is 11.1 Å². The first-order chi connectivity index (χ1) is 14.0. The van der Waals surface area contributed by atoms with Gasteiger partial charge in [-0.05, 0) is 40.3 Å². The molecular weight excluding hydrogens is 536 g/mol. The fraction of sp³-hybridized carbons (Fsp3) is 0.167. The molecule has 2 rings (SSSR count). The molecule has 0 spiro atoms. The lowest BCUT2D eigenvalue weighted by Gasteiger charge is -2.13. The SMILES string of the molecule is C#CCOc1c(I)cc(C=NNc2c(F)c(F)c(C(F)(F)F)c(F)c2F)cc1OC. The molecule has 1 N–H and O–H groups in total. The van der Waals surface area contributed by atoms with E-state index in [2.05, 4.69) is 11.0 Å². The molecule has 0 atom stereocenters. The van der Waals surface area contributed by atoms with Crippen LogP contribution in [-0.4, -0.2) is 19.9 Å². The van der Waals surface area contributed by atoms with Crippen LogP contribution in [0.4, 0.5) is 36.4 Å². The Balaban J connectivity index is 2.36. The molecule has 0 fully saturated rings. The molecule has 0 saturated heterocycles.